The van der Waals surface area contributed by atoms with Crippen LogP contribution in [0.3, 0.4) is 0 Å². The van der Waals surface area contributed by atoms with Gasteiger partial charge in [0, 0.05) is 6.04 Å². The molecule has 0 amide bonds. The minimum atomic E-state index is 0.711. The molecular formula is C16H25N. The molecule has 0 heterocycles. The van der Waals surface area contributed by atoms with Gasteiger partial charge in [-0.2, -0.15) is 0 Å². The van der Waals surface area contributed by atoms with Gasteiger partial charge in [-0.15, -0.1) is 0 Å². The Morgan fingerprint density at radius 1 is 1.18 bits per heavy atom. The Hall–Kier alpha value is -0.820. The molecule has 1 aromatic rings. The molecule has 0 radical (unpaired) electrons. The largest absolute Gasteiger partial charge is 0.317 e. The van der Waals surface area contributed by atoms with Gasteiger partial charge in [0.1, 0.15) is 0 Å². The van der Waals surface area contributed by atoms with E-state index in [1.807, 2.05) is 0 Å². The second-order valence-corrected chi connectivity index (χ2v) is 5.78. The molecule has 17 heavy (non-hydrogen) atoms. The SMILES string of the molecule is CNC(CCC(C)C)C1CC1c1ccccc1. The van der Waals surface area contributed by atoms with E-state index in [9.17, 15) is 0 Å². The molecule has 0 spiro atoms. The van der Waals surface area contributed by atoms with Gasteiger partial charge in [0.15, 0.2) is 0 Å². The standard InChI is InChI=1S/C16H25N/c1-12(2)9-10-16(17-3)15-11-14(15)13-7-5-4-6-8-13/h4-8,12,14-17H,9-11H2,1-3H3. The molecule has 0 aromatic heterocycles. The fourth-order valence-corrected chi connectivity index (χ4v) is 2.83. The maximum atomic E-state index is 3.52. The van der Waals surface area contributed by atoms with Crippen LogP contribution in [0.1, 0.15) is 44.6 Å². The maximum absolute atomic E-state index is 3.52. The van der Waals surface area contributed by atoms with Crippen LogP contribution in [0.5, 0.6) is 0 Å². The molecule has 1 aliphatic carbocycles. The zero-order chi connectivity index (χ0) is 12.3. The van der Waals surface area contributed by atoms with Crippen molar-refractivity contribution in [1.82, 2.24) is 5.32 Å². The summed E-state index contributed by atoms with van der Waals surface area (Å²) in [4.78, 5) is 0. The summed E-state index contributed by atoms with van der Waals surface area (Å²) in [6.45, 7) is 4.63. The molecule has 94 valence electrons. The van der Waals surface area contributed by atoms with Crippen molar-refractivity contribution in [3.05, 3.63) is 35.9 Å². The lowest BCUT2D eigenvalue weighted by atomic mass is 9.98. The molecule has 1 nitrogen and oxygen atoms in total. The Morgan fingerprint density at radius 3 is 2.47 bits per heavy atom. The Kier molecular flexibility index (Phi) is 4.22. The highest BCUT2D eigenvalue weighted by atomic mass is 14.9. The lowest BCUT2D eigenvalue weighted by Gasteiger charge is -2.17. The van der Waals surface area contributed by atoms with Crippen molar-refractivity contribution in [2.45, 2.75) is 45.1 Å². The molecule has 1 aliphatic rings. The first kappa shape index (κ1) is 12.6. The first-order valence-corrected chi connectivity index (χ1v) is 6.94. The van der Waals surface area contributed by atoms with Gasteiger partial charge in [-0.05, 0) is 49.6 Å². The molecule has 0 bridgehead atoms. The summed E-state index contributed by atoms with van der Waals surface area (Å²) < 4.78 is 0. The van der Waals surface area contributed by atoms with Gasteiger partial charge in [-0.25, -0.2) is 0 Å². The Balaban J connectivity index is 1.88. The highest BCUT2D eigenvalue weighted by Gasteiger charge is 2.42. The minimum Gasteiger partial charge on any atom is -0.317 e. The molecule has 3 atom stereocenters. The van der Waals surface area contributed by atoms with Crippen molar-refractivity contribution >= 4 is 0 Å². The smallest absolute Gasteiger partial charge is 0.00984 e. The summed E-state index contributed by atoms with van der Waals surface area (Å²) in [6.07, 6.45) is 4.03. The molecule has 0 saturated heterocycles. The molecule has 1 saturated carbocycles. The van der Waals surface area contributed by atoms with Gasteiger partial charge in [0.2, 0.25) is 0 Å². The highest BCUT2D eigenvalue weighted by Crippen LogP contribution is 2.50. The van der Waals surface area contributed by atoms with Crippen LogP contribution < -0.4 is 5.32 Å². The number of rotatable bonds is 6. The van der Waals surface area contributed by atoms with Crippen molar-refractivity contribution < 1.29 is 0 Å². The fraction of sp³-hybridized carbons (Fsp3) is 0.625. The van der Waals surface area contributed by atoms with E-state index in [0.717, 1.165) is 17.8 Å². The molecule has 0 aliphatic heterocycles. The van der Waals surface area contributed by atoms with E-state index in [-0.39, 0.29) is 0 Å². The Labute approximate surface area is 106 Å². The van der Waals surface area contributed by atoms with Crippen LogP contribution in [-0.4, -0.2) is 13.1 Å². The Morgan fingerprint density at radius 2 is 1.88 bits per heavy atom. The first-order valence-electron chi connectivity index (χ1n) is 6.94. The minimum absolute atomic E-state index is 0.711. The van der Waals surface area contributed by atoms with Crippen molar-refractivity contribution in [3.63, 3.8) is 0 Å². The average Bonchev–Trinajstić information content (AvgIpc) is 3.11. The van der Waals surface area contributed by atoms with Gasteiger partial charge in [-0.3, -0.25) is 0 Å². The van der Waals surface area contributed by atoms with E-state index in [1.165, 1.54) is 24.8 Å². The van der Waals surface area contributed by atoms with Gasteiger partial charge < -0.3 is 5.32 Å². The van der Waals surface area contributed by atoms with Crippen LogP contribution in [0.4, 0.5) is 0 Å². The molecular weight excluding hydrogens is 206 g/mol. The number of benzene rings is 1. The van der Waals surface area contributed by atoms with E-state index in [4.69, 9.17) is 0 Å². The van der Waals surface area contributed by atoms with Gasteiger partial charge in [-0.1, -0.05) is 44.2 Å². The van der Waals surface area contributed by atoms with Gasteiger partial charge in [0.05, 0.1) is 0 Å². The second-order valence-electron chi connectivity index (χ2n) is 5.78. The first-order chi connectivity index (χ1) is 8.22. The predicted octanol–water partition coefficient (Wildman–Crippen LogP) is 3.81. The normalized spacial score (nSPS) is 24.9. The predicted molar refractivity (Wildman–Crippen MR) is 74.2 cm³/mol. The second kappa shape index (κ2) is 5.68. The third-order valence-corrected chi connectivity index (χ3v) is 4.01. The molecule has 1 N–H and O–H groups in total. The summed E-state index contributed by atoms with van der Waals surface area (Å²) >= 11 is 0. The number of hydrogen-bond acceptors (Lipinski definition) is 1. The summed E-state index contributed by atoms with van der Waals surface area (Å²) in [6, 6.07) is 11.7. The monoisotopic (exact) mass is 231 g/mol. The van der Waals surface area contributed by atoms with Gasteiger partial charge in [0.25, 0.3) is 0 Å². The lowest BCUT2D eigenvalue weighted by Crippen LogP contribution is -2.28. The third kappa shape index (κ3) is 3.32. The Bertz CT molecular complexity index is 331. The zero-order valence-corrected chi connectivity index (χ0v) is 11.3. The van der Waals surface area contributed by atoms with E-state index in [0.29, 0.717) is 6.04 Å². The molecule has 1 heteroatoms. The van der Waals surface area contributed by atoms with Crippen molar-refractivity contribution in [2.24, 2.45) is 11.8 Å². The van der Waals surface area contributed by atoms with E-state index < -0.39 is 0 Å². The van der Waals surface area contributed by atoms with Crippen molar-refractivity contribution in [2.75, 3.05) is 7.05 Å². The highest BCUT2D eigenvalue weighted by molar-refractivity contribution is 5.26. The van der Waals surface area contributed by atoms with E-state index in [2.05, 4.69) is 56.5 Å². The zero-order valence-electron chi connectivity index (χ0n) is 11.3. The van der Waals surface area contributed by atoms with Crippen LogP contribution in [0, 0.1) is 11.8 Å². The van der Waals surface area contributed by atoms with Gasteiger partial charge >= 0.3 is 0 Å². The summed E-state index contributed by atoms with van der Waals surface area (Å²) in [5, 5.41) is 3.52. The maximum Gasteiger partial charge on any atom is 0.00984 e. The number of nitrogens with one attached hydrogen (secondary N) is 1. The van der Waals surface area contributed by atoms with Crippen LogP contribution in [0.25, 0.3) is 0 Å². The molecule has 3 unspecified atom stereocenters. The molecule has 1 aromatic carbocycles. The fourth-order valence-electron chi connectivity index (χ4n) is 2.83. The van der Waals surface area contributed by atoms with Crippen LogP contribution in [0.2, 0.25) is 0 Å². The van der Waals surface area contributed by atoms with E-state index >= 15 is 0 Å². The van der Waals surface area contributed by atoms with Crippen LogP contribution in [-0.2, 0) is 0 Å². The average molecular weight is 231 g/mol. The number of hydrogen-bond donors (Lipinski definition) is 1. The quantitative estimate of drug-likeness (QED) is 0.785. The molecule has 1 fully saturated rings. The van der Waals surface area contributed by atoms with Crippen LogP contribution >= 0.6 is 0 Å². The van der Waals surface area contributed by atoms with Crippen molar-refractivity contribution in [3.8, 4) is 0 Å². The van der Waals surface area contributed by atoms with E-state index in [1.54, 1.807) is 0 Å². The topological polar surface area (TPSA) is 12.0 Å². The summed E-state index contributed by atoms with van der Waals surface area (Å²) in [5.74, 6) is 2.49. The lowest BCUT2D eigenvalue weighted by molar-refractivity contribution is 0.414. The van der Waals surface area contributed by atoms with Crippen molar-refractivity contribution in [1.29, 1.82) is 0 Å². The third-order valence-electron chi connectivity index (χ3n) is 4.01. The molecule has 2 rings (SSSR count). The summed E-state index contributed by atoms with van der Waals surface area (Å²) in [7, 11) is 2.12. The van der Waals surface area contributed by atoms with Crippen LogP contribution in [0.15, 0.2) is 30.3 Å². The summed E-state index contributed by atoms with van der Waals surface area (Å²) in [5.41, 5.74) is 1.53.